The maximum atomic E-state index is 12.7. The largest absolute Gasteiger partial charge is 1.00 e. The van der Waals surface area contributed by atoms with Gasteiger partial charge in [0.1, 0.15) is 0 Å². The molecule has 6 heteroatoms. The molecule has 26 heavy (non-hydrogen) atoms. The van der Waals surface area contributed by atoms with Gasteiger partial charge in [0.25, 0.3) is 0 Å². The van der Waals surface area contributed by atoms with Gasteiger partial charge in [0.05, 0.1) is 0 Å². The van der Waals surface area contributed by atoms with Gasteiger partial charge in [-0.3, -0.25) is 9.59 Å². The molecule has 0 aliphatic rings. The van der Waals surface area contributed by atoms with Gasteiger partial charge in [-0.1, -0.05) is 35.4 Å². The van der Waals surface area contributed by atoms with Crippen molar-refractivity contribution in [2.24, 2.45) is 0 Å². The monoisotopic (exact) mass is 364 g/mol. The zero-order valence-corrected chi connectivity index (χ0v) is 17.3. The van der Waals surface area contributed by atoms with Gasteiger partial charge in [-0.15, -0.1) is 0 Å². The SMILES string of the molecule is Cc1cc(C)c(C(=O)P(=O)([O-])C(=O)c2c(C)cc(C)cc2C)c(C)c1.[Li+]. The predicted molar refractivity (Wildman–Crippen MR) is 97.6 cm³/mol. The van der Waals surface area contributed by atoms with E-state index in [2.05, 4.69) is 0 Å². The van der Waals surface area contributed by atoms with Crippen molar-refractivity contribution in [2.75, 3.05) is 0 Å². The van der Waals surface area contributed by atoms with E-state index in [0.717, 1.165) is 11.1 Å². The van der Waals surface area contributed by atoms with Gasteiger partial charge < -0.3 is 9.46 Å². The molecule has 0 fully saturated rings. The van der Waals surface area contributed by atoms with Crippen molar-refractivity contribution in [2.45, 2.75) is 41.5 Å². The van der Waals surface area contributed by atoms with E-state index in [1.54, 1.807) is 52.0 Å². The Balaban J connectivity index is 0.00000338. The number of benzene rings is 2. The molecule has 0 unspecified atom stereocenters. The van der Waals surface area contributed by atoms with Crippen molar-refractivity contribution >= 4 is 18.4 Å². The molecule has 0 atom stereocenters. The Hall–Kier alpha value is -1.43. The van der Waals surface area contributed by atoms with E-state index in [1.165, 1.54) is 0 Å². The molecule has 2 rings (SSSR count). The van der Waals surface area contributed by atoms with Crippen LogP contribution in [0.5, 0.6) is 0 Å². The Bertz CT molecular complexity index is 827. The molecule has 0 radical (unpaired) electrons. The Kier molecular flexibility index (Phi) is 7.02. The van der Waals surface area contributed by atoms with Crippen LogP contribution in [0.2, 0.25) is 0 Å². The van der Waals surface area contributed by atoms with Gasteiger partial charge in [0.2, 0.25) is 11.0 Å². The summed E-state index contributed by atoms with van der Waals surface area (Å²) in [6.07, 6.45) is 0. The summed E-state index contributed by atoms with van der Waals surface area (Å²) in [6, 6.07) is 6.97. The van der Waals surface area contributed by atoms with Gasteiger partial charge in [0, 0.05) is 11.1 Å². The molecule has 0 bridgehead atoms. The van der Waals surface area contributed by atoms with Crippen LogP contribution < -0.4 is 23.8 Å². The number of rotatable bonds is 4. The minimum atomic E-state index is -4.98. The molecule has 0 aliphatic heterocycles. The van der Waals surface area contributed by atoms with Gasteiger partial charge >= 0.3 is 18.9 Å². The molecule has 0 aliphatic carbocycles. The maximum absolute atomic E-state index is 12.7. The minimum Gasteiger partial charge on any atom is -0.788 e. The van der Waals surface area contributed by atoms with Crippen molar-refractivity contribution in [3.8, 4) is 0 Å². The second-order valence-corrected chi connectivity index (χ2v) is 8.62. The number of hydrogen-bond acceptors (Lipinski definition) is 4. The quantitative estimate of drug-likeness (QED) is 0.603. The third-order valence-electron chi connectivity index (χ3n) is 4.32. The van der Waals surface area contributed by atoms with E-state index in [4.69, 9.17) is 0 Å². The summed E-state index contributed by atoms with van der Waals surface area (Å²) in [7, 11) is -4.98. The second kappa shape index (κ2) is 8.07. The van der Waals surface area contributed by atoms with E-state index in [9.17, 15) is 19.0 Å². The first-order valence-corrected chi connectivity index (χ1v) is 9.65. The maximum Gasteiger partial charge on any atom is 1.00 e. The van der Waals surface area contributed by atoms with Gasteiger partial charge in [-0.25, -0.2) is 0 Å². The summed E-state index contributed by atoms with van der Waals surface area (Å²) in [6.45, 7) is 10.5. The smallest absolute Gasteiger partial charge is 0.788 e. The molecular weight excluding hydrogens is 342 g/mol. The molecule has 0 amide bonds. The molecule has 132 valence electrons. The van der Waals surface area contributed by atoms with Crippen molar-refractivity contribution in [1.29, 1.82) is 0 Å². The van der Waals surface area contributed by atoms with E-state index in [1.807, 2.05) is 13.8 Å². The predicted octanol–water partition coefficient (Wildman–Crippen LogP) is 1.16. The minimum absolute atomic E-state index is 0. The molecule has 2 aromatic carbocycles. The molecule has 0 N–H and O–H groups in total. The fourth-order valence-corrected chi connectivity index (χ4v) is 4.90. The van der Waals surface area contributed by atoms with Crippen LogP contribution >= 0.6 is 7.37 Å². The van der Waals surface area contributed by atoms with Crippen LogP contribution in [-0.4, -0.2) is 11.0 Å². The van der Waals surface area contributed by atoms with Crippen LogP contribution in [0.4, 0.5) is 0 Å². The van der Waals surface area contributed by atoms with E-state index in [0.29, 0.717) is 22.3 Å². The molecule has 0 spiro atoms. The Morgan fingerprint density at radius 3 is 1.15 bits per heavy atom. The average molecular weight is 364 g/mol. The Morgan fingerprint density at radius 2 is 0.923 bits per heavy atom. The summed E-state index contributed by atoms with van der Waals surface area (Å²) in [4.78, 5) is 38.2. The molecule has 4 nitrogen and oxygen atoms in total. The van der Waals surface area contributed by atoms with Gasteiger partial charge in [0.15, 0.2) is 7.37 Å². The zero-order valence-electron chi connectivity index (χ0n) is 16.4. The van der Waals surface area contributed by atoms with E-state index >= 15 is 0 Å². The number of carbonyl (C=O) groups is 2. The number of carbonyl (C=O) groups excluding carboxylic acids is 2. The van der Waals surface area contributed by atoms with Gasteiger partial charge in [-0.2, -0.15) is 0 Å². The summed E-state index contributed by atoms with van der Waals surface area (Å²) >= 11 is 0. The van der Waals surface area contributed by atoms with Crippen LogP contribution in [0, 0.1) is 41.5 Å². The molecule has 0 saturated heterocycles. The van der Waals surface area contributed by atoms with Crippen LogP contribution in [0.3, 0.4) is 0 Å². The fourth-order valence-electron chi connectivity index (χ4n) is 3.42. The van der Waals surface area contributed by atoms with Crippen molar-refractivity contribution in [3.05, 3.63) is 68.8 Å². The van der Waals surface area contributed by atoms with Crippen LogP contribution in [0.25, 0.3) is 0 Å². The summed E-state index contributed by atoms with van der Waals surface area (Å²) < 4.78 is 12.7. The molecule has 0 saturated carbocycles. The normalized spacial score (nSPS) is 11.0. The first-order valence-electron chi connectivity index (χ1n) is 8.03. The number of aryl methyl sites for hydroxylation is 6. The zero-order chi connectivity index (χ0) is 19.1. The van der Waals surface area contributed by atoms with E-state index in [-0.39, 0.29) is 30.0 Å². The van der Waals surface area contributed by atoms with Crippen molar-refractivity contribution in [3.63, 3.8) is 0 Å². The summed E-state index contributed by atoms with van der Waals surface area (Å²) in [5.41, 5.74) is 2.09. The third kappa shape index (κ3) is 4.11. The third-order valence-corrected chi connectivity index (χ3v) is 5.83. The summed E-state index contributed by atoms with van der Waals surface area (Å²) in [5, 5.41) is 0. The fraction of sp³-hybridized carbons (Fsp3) is 0.300. The Morgan fingerprint density at radius 1 is 0.692 bits per heavy atom. The molecule has 0 heterocycles. The average Bonchev–Trinajstić information content (AvgIpc) is 2.44. The standard InChI is InChI=1S/C20H23O4P.Li/c1-11-7-13(3)17(14(4)8-11)19(21)25(23,24)20(22)18-15(5)9-12(2)10-16(18)6;/h7-10H,1-6H3,(H,23,24);/q;+1/p-1. The molecular formula is C20H22LiO4P. The first-order chi connectivity index (χ1) is 11.5. The van der Waals surface area contributed by atoms with Gasteiger partial charge in [-0.05, 0) is 63.8 Å². The topological polar surface area (TPSA) is 74.3 Å². The second-order valence-electron chi connectivity index (χ2n) is 6.71. The first kappa shape index (κ1) is 22.6. The van der Waals surface area contributed by atoms with Crippen LogP contribution in [0.15, 0.2) is 24.3 Å². The van der Waals surface area contributed by atoms with Crippen LogP contribution in [0.1, 0.15) is 54.1 Å². The molecule has 0 aromatic heterocycles. The molecule has 2 aromatic rings. The van der Waals surface area contributed by atoms with Crippen molar-refractivity contribution in [1.82, 2.24) is 0 Å². The number of hydrogen-bond donors (Lipinski definition) is 0. The summed E-state index contributed by atoms with van der Waals surface area (Å²) in [5.74, 6) is 0. The Labute approximate surface area is 166 Å². The van der Waals surface area contributed by atoms with E-state index < -0.39 is 18.4 Å². The van der Waals surface area contributed by atoms with Crippen LogP contribution in [-0.2, 0) is 4.57 Å². The van der Waals surface area contributed by atoms with Crippen molar-refractivity contribution < 1.29 is 37.9 Å².